The third-order valence-corrected chi connectivity index (χ3v) is 5.33. The zero-order valence-corrected chi connectivity index (χ0v) is 13.4. The highest BCUT2D eigenvalue weighted by molar-refractivity contribution is 7.99. The molecule has 1 nitrogen and oxygen atoms in total. The van der Waals surface area contributed by atoms with Crippen molar-refractivity contribution in [2.45, 2.75) is 48.8 Å². The Bertz CT molecular complexity index is 675. The van der Waals surface area contributed by atoms with Gasteiger partial charge in [0, 0.05) is 21.8 Å². The molecule has 1 heterocycles. The average Bonchev–Trinajstić information content (AvgIpc) is 2.63. The highest BCUT2D eigenvalue weighted by Crippen LogP contribution is 2.38. The Kier molecular flexibility index (Phi) is 4.16. The van der Waals surface area contributed by atoms with Gasteiger partial charge < -0.3 is 0 Å². The number of ketones is 1. The van der Waals surface area contributed by atoms with Crippen LogP contribution in [0.15, 0.2) is 52.3 Å². The fourth-order valence-corrected chi connectivity index (χ4v) is 3.99. The van der Waals surface area contributed by atoms with E-state index >= 15 is 0 Å². The molecule has 2 heteroatoms. The molecule has 0 amide bonds. The lowest BCUT2D eigenvalue weighted by Gasteiger charge is -2.13. The lowest BCUT2D eigenvalue weighted by Crippen LogP contribution is -2.04. The van der Waals surface area contributed by atoms with Gasteiger partial charge >= 0.3 is 0 Å². The lowest BCUT2D eigenvalue weighted by molar-refractivity contribution is 0.0990. The van der Waals surface area contributed by atoms with Crippen molar-refractivity contribution in [2.75, 3.05) is 0 Å². The lowest BCUT2D eigenvalue weighted by atomic mass is 9.93. The number of carbonyl (C=O) groups is 1. The minimum atomic E-state index is 0.233. The molecule has 0 bridgehead atoms. The van der Waals surface area contributed by atoms with Gasteiger partial charge in [0.05, 0.1) is 0 Å². The Morgan fingerprint density at radius 1 is 1.14 bits per heavy atom. The van der Waals surface area contributed by atoms with Crippen LogP contribution in [0.1, 0.15) is 54.1 Å². The molecule has 0 aromatic heterocycles. The van der Waals surface area contributed by atoms with Gasteiger partial charge in [0.1, 0.15) is 0 Å². The zero-order valence-electron chi connectivity index (χ0n) is 12.6. The Morgan fingerprint density at radius 3 is 2.76 bits per heavy atom. The van der Waals surface area contributed by atoms with Gasteiger partial charge in [-0.15, -0.1) is 0 Å². The summed E-state index contributed by atoms with van der Waals surface area (Å²) in [4.78, 5) is 14.8. The summed E-state index contributed by atoms with van der Waals surface area (Å²) in [7, 11) is 0. The Balaban J connectivity index is 1.98. The van der Waals surface area contributed by atoms with E-state index < -0.39 is 0 Å². The quantitative estimate of drug-likeness (QED) is 0.746. The second-order valence-corrected chi connectivity index (χ2v) is 6.84. The number of hydrogen-bond donors (Lipinski definition) is 0. The molecular formula is C19H20OS. The first-order valence-electron chi connectivity index (χ1n) is 7.62. The monoisotopic (exact) mass is 296 g/mol. The molecule has 0 radical (unpaired) electrons. The molecule has 0 fully saturated rings. The number of benzene rings is 2. The number of carbonyl (C=O) groups excluding carboxylic acids is 1. The first kappa shape index (κ1) is 14.4. The van der Waals surface area contributed by atoms with E-state index in [9.17, 15) is 4.79 Å². The van der Waals surface area contributed by atoms with Crippen LogP contribution in [0, 0.1) is 0 Å². The van der Waals surface area contributed by atoms with Crippen molar-refractivity contribution in [3.63, 3.8) is 0 Å². The third kappa shape index (κ3) is 2.91. The van der Waals surface area contributed by atoms with E-state index in [1.54, 1.807) is 11.8 Å². The van der Waals surface area contributed by atoms with Gasteiger partial charge in [-0.05, 0) is 35.6 Å². The highest BCUT2D eigenvalue weighted by Gasteiger charge is 2.20. The molecule has 0 spiro atoms. The van der Waals surface area contributed by atoms with Crippen LogP contribution < -0.4 is 0 Å². The predicted molar refractivity (Wildman–Crippen MR) is 88.4 cm³/mol. The van der Waals surface area contributed by atoms with Crippen molar-refractivity contribution in [1.29, 1.82) is 0 Å². The standard InChI is InChI=1S/C19H20OS/c1-3-6-13(2)14-9-10-18-15(11-14)12-17(20)16-7-4-5-8-19(16)21-18/h4-5,7-11,13H,3,6,12H2,1-2H3. The molecule has 0 aliphatic carbocycles. The number of Topliss-reactive ketones (excluding diaryl/α,β-unsaturated/α-hetero) is 1. The van der Waals surface area contributed by atoms with E-state index in [2.05, 4.69) is 32.0 Å². The van der Waals surface area contributed by atoms with Gasteiger partial charge in [0.25, 0.3) is 0 Å². The van der Waals surface area contributed by atoms with Gasteiger partial charge in [-0.2, -0.15) is 0 Å². The van der Waals surface area contributed by atoms with Crippen molar-refractivity contribution in [1.82, 2.24) is 0 Å². The van der Waals surface area contributed by atoms with Crippen LogP contribution in [0.25, 0.3) is 0 Å². The van der Waals surface area contributed by atoms with Gasteiger partial charge in [0.2, 0.25) is 0 Å². The van der Waals surface area contributed by atoms with Gasteiger partial charge in [-0.3, -0.25) is 4.79 Å². The summed E-state index contributed by atoms with van der Waals surface area (Å²) < 4.78 is 0. The normalized spacial score (nSPS) is 15.0. The second kappa shape index (κ2) is 6.07. The molecule has 0 saturated heterocycles. The topological polar surface area (TPSA) is 17.1 Å². The number of fused-ring (bicyclic) bond motifs is 2. The van der Waals surface area contributed by atoms with E-state index in [0.717, 1.165) is 10.5 Å². The Hall–Kier alpha value is -1.54. The molecule has 1 atom stereocenters. The van der Waals surface area contributed by atoms with Crippen LogP contribution >= 0.6 is 11.8 Å². The molecule has 3 rings (SSSR count). The summed E-state index contributed by atoms with van der Waals surface area (Å²) in [6.45, 7) is 4.49. The summed E-state index contributed by atoms with van der Waals surface area (Å²) >= 11 is 1.72. The fourth-order valence-electron chi connectivity index (χ4n) is 2.92. The minimum Gasteiger partial charge on any atom is -0.294 e. The van der Waals surface area contributed by atoms with Crippen molar-refractivity contribution in [3.8, 4) is 0 Å². The third-order valence-electron chi connectivity index (χ3n) is 4.13. The molecule has 2 aromatic rings. The first-order valence-corrected chi connectivity index (χ1v) is 8.43. The Labute approximate surface area is 130 Å². The second-order valence-electron chi connectivity index (χ2n) is 5.76. The number of hydrogen-bond acceptors (Lipinski definition) is 2. The van der Waals surface area contributed by atoms with Crippen LogP contribution in [0.3, 0.4) is 0 Å². The zero-order chi connectivity index (χ0) is 14.8. The molecule has 108 valence electrons. The van der Waals surface area contributed by atoms with Crippen LogP contribution in [-0.2, 0) is 6.42 Å². The van der Waals surface area contributed by atoms with Gasteiger partial charge in [-0.25, -0.2) is 0 Å². The van der Waals surface area contributed by atoms with Gasteiger partial charge in [0.15, 0.2) is 5.78 Å². The molecule has 1 aliphatic rings. The Morgan fingerprint density at radius 2 is 1.95 bits per heavy atom. The van der Waals surface area contributed by atoms with E-state index in [0.29, 0.717) is 12.3 Å². The highest BCUT2D eigenvalue weighted by atomic mass is 32.2. The van der Waals surface area contributed by atoms with Crippen molar-refractivity contribution < 1.29 is 4.79 Å². The van der Waals surface area contributed by atoms with E-state index in [1.165, 1.54) is 28.9 Å². The van der Waals surface area contributed by atoms with Crippen LogP contribution in [0.2, 0.25) is 0 Å². The van der Waals surface area contributed by atoms with Crippen LogP contribution in [0.4, 0.5) is 0 Å². The fraction of sp³-hybridized carbons (Fsp3) is 0.316. The van der Waals surface area contributed by atoms with Crippen molar-refractivity contribution >= 4 is 17.5 Å². The predicted octanol–water partition coefficient (Wildman–Crippen LogP) is 5.48. The summed E-state index contributed by atoms with van der Waals surface area (Å²) in [5.74, 6) is 0.795. The molecule has 1 aliphatic heterocycles. The van der Waals surface area contributed by atoms with Gasteiger partial charge in [-0.1, -0.05) is 62.4 Å². The summed E-state index contributed by atoms with van der Waals surface area (Å²) in [5, 5.41) is 0. The molecule has 1 unspecified atom stereocenters. The first-order chi connectivity index (χ1) is 10.2. The minimum absolute atomic E-state index is 0.233. The van der Waals surface area contributed by atoms with Crippen LogP contribution in [-0.4, -0.2) is 5.78 Å². The van der Waals surface area contributed by atoms with E-state index in [1.807, 2.05) is 24.3 Å². The SMILES string of the molecule is CCCC(C)c1ccc2c(c1)CC(=O)c1ccccc1S2. The smallest absolute Gasteiger partial charge is 0.168 e. The molecular weight excluding hydrogens is 276 g/mol. The van der Waals surface area contributed by atoms with Crippen molar-refractivity contribution in [2.24, 2.45) is 0 Å². The molecule has 21 heavy (non-hydrogen) atoms. The van der Waals surface area contributed by atoms with E-state index in [4.69, 9.17) is 0 Å². The largest absolute Gasteiger partial charge is 0.294 e. The van der Waals surface area contributed by atoms with E-state index in [-0.39, 0.29) is 5.78 Å². The van der Waals surface area contributed by atoms with Crippen molar-refractivity contribution in [3.05, 3.63) is 59.2 Å². The maximum Gasteiger partial charge on any atom is 0.168 e. The summed E-state index contributed by atoms with van der Waals surface area (Å²) in [6, 6.07) is 14.6. The molecule has 2 aromatic carbocycles. The average molecular weight is 296 g/mol. The summed E-state index contributed by atoms with van der Waals surface area (Å²) in [6.07, 6.45) is 2.91. The maximum atomic E-state index is 12.5. The molecule has 0 saturated carbocycles. The molecule has 0 N–H and O–H groups in total. The summed E-state index contributed by atoms with van der Waals surface area (Å²) in [5.41, 5.74) is 3.40. The maximum absolute atomic E-state index is 12.5. The van der Waals surface area contributed by atoms with Crippen LogP contribution in [0.5, 0.6) is 0 Å². The number of rotatable bonds is 3.